The molecule has 2 aliphatic rings. The predicted octanol–water partition coefficient (Wildman–Crippen LogP) is 2.07. The smallest absolute Gasteiger partial charge is 0.272 e. The van der Waals surface area contributed by atoms with Gasteiger partial charge in [-0.15, -0.1) is 0 Å². The summed E-state index contributed by atoms with van der Waals surface area (Å²) >= 11 is 0. The molecule has 2 saturated heterocycles. The summed E-state index contributed by atoms with van der Waals surface area (Å²) in [7, 11) is 0. The van der Waals surface area contributed by atoms with Crippen LogP contribution < -0.4 is 9.80 Å². The van der Waals surface area contributed by atoms with Gasteiger partial charge in [-0.3, -0.25) is 4.79 Å². The summed E-state index contributed by atoms with van der Waals surface area (Å²) in [5.74, 6) is 1.44. The second kappa shape index (κ2) is 7.90. The summed E-state index contributed by atoms with van der Waals surface area (Å²) in [6, 6.07) is 5.71. The summed E-state index contributed by atoms with van der Waals surface area (Å²) in [4.78, 5) is 32.2. The molecule has 2 fully saturated rings. The molecule has 142 valence electrons. The van der Waals surface area contributed by atoms with Crippen LogP contribution in [0.25, 0.3) is 0 Å². The van der Waals surface area contributed by atoms with Crippen LogP contribution in [0.5, 0.6) is 0 Å². The van der Waals surface area contributed by atoms with E-state index < -0.39 is 0 Å². The first-order valence-electron chi connectivity index (χ1n) is 9.73. The number of anilines is 2. The standard InChI is InChI=1S/C20H26N6O/c1-16-4-2-9-26(15-16)17-5-6-18(23-14-17)19(27)24-10-12-25(13-11-24)20-21-7-3-8-22-20/h3,5-8,14,16H,2,4,9-13,15H2,1H3. The molecule has 0 radical (unpaired) electrons. The summed E-state index contributed by atoms with van der Waals surface area (Å²) < 4.78 is 0. The molecule has 4 rings (SSSR count). The van der Waals surface area contributed by atoms with Crippen molar-refractivity contribution in [1.82, 2.24) is 19.9 Å². The van der Waals surface area contributed by atoms with E-state index in [1.165, 1.54) is 12.8 Å². The van der Waals surface area contributed by atoms with Crippen LogP contribution >= 0.6 is 0 Å². The second-order valence-corrected chi connectivity index (χ2v) is 7.42. The van der Waals surface area contributed by atoms with Crippen LogP contribution in [0.2, 0.25) is 0 Å². The minimum atomic E-state index is 0.00203. The highest BCUT2D eigenvalue weighted by atomic mass is 16.2. The van der Waals surface area contributed by atoms with Gasteiger partial charge in [0.15, 0.2) is 0 Å². The van der Waals surface area contributed by atoms with Gasteiger partial charge >= 0.3 is 0 Å². The fourth-order valence-electron chi connectivity index (χ4n) is 3.85. The molecule has 2 aromatic rings. The highest BCUT2D eigenvalue weighted by molar-refractivity contribution is 5.92. The van der Waals surface area contributed by atoms with Gasteiger partial charge in [-0.1, -0.05) is 6.92 Å². The Labute approximate surface area is 160 Å². The molecule has 2 aliphatic heterocycles. The van der Waals surface area contributed by atoms with E-state index in [9.17, 15) is 4.79 Å². The van der Waals surface area contributed by atoms with E-state index in [1.54, 1.807) is 12.4 Å². The number of nitrogens with zero attached hydrogens (tertiary/aromatic N) is 6. The highest BCUT2D eigenvalue weighted by Crippen LogP contribution is 2.22. The largest absolute Gasteiger partial charge is 0.370 e. The van der Waals surface area contributed by atoms with Gasteiger partial charge in [0.1, 0.15) is 5.69 Å². The first-order chi connectivity index (χ1) is 13.2. The number of pyridine rings is 1. The molecular formula is C20H26N6O. The van der Waals surface area contributed by atoms with E-state index in [-0.39, 0.29) is 5.91 Å². The third kappa shape index (κ3) is 4.02. The minimum absolute atomic E-state index is 0.00203. The summed E-state index contributed by atoms with van der Waals surface area (Å²) in [6.07, 6.45) is 7.85. The molecule has 1 unspecified atom stereocenters. The van der Waals surface area contributed by atoms with Gasteiger partial charge in [0, 0.05) is 51.7 Å². The summed E-state index contributed by atoms with van der Waals surface area (Å²) in [5, 5.41) is 0. The molecule has 0 spiro atoms. The third-order valence-electron chi connectivity index (χ3n) is 5.39. The SMILES string of the molecule is CC1CCCN(c2ccc(C(=O)N3CCN(c4ncccn4)CC3)nc2)C1. The molecule has 0 aliphatic carbocycles. The fraction of sp³-hybridized carbons (Fsp3) is 0.500. The van der Waals surface area contributed by atoms with Gasteiger partial charge in [-0.25, -0.2) is 15.0 Å². The maximum absolute atomic E-state index is 12.8. The molecule has 0 bridgehead atoms. The number of piperidine rings is 1. The van der Waals surface area contributed by atoms with Gasteiger partial charge in [-0.05, 0) is 37.0 Å². The number of amides is 1. The molecule has 0 N–H and O–H groups in total. The van der Waals surface area contributed by atoms with E-state index in [2.05, 4.69) is 31.7 Å². The normalized spacial score (nSPS) is 20.6. The maximum atomic E-state index is 12.8. The van der Waals surface area contributed by atoms with Gasteiger partial charge < -0.3 is 14.7 Å². The van der Waals surface area contributed by atoms with Crippen molar-refractivity contribution in [1.29, 1.82) is 0 Å². The number of rotatable bonds is 3. The molecule has 4 heterocycles. The highest BCUT2D eigenvalue weighted by Gasteiger charge is 2.24. The number of hydrogen-bond donors (Lipinski definition) is 0. The Morgan fingerprint density at radius 2 is 1.78 bits per heavy atom. The molecule has 7 heteroatoms. The van der Waals surface area contributed by atoms with Crippen molar-refractivity contribution in [2.45, 2.75) is 19.8 Å². The third-order valence-corrected chi connectivity index (χ3v) is 5.39. The average molecular weight is 366 g/mol. The molecule has 27 heavy (non-hydrogen) atoms. The van der Waals surface area contributed by atoms with Crippen LogP contribution in [0.4, 0.5) is 11.6 Å². The quantitative estimate of drug-likeness (QED) is 0.829. The summed E-state index contributed by atoms with van der Waals surface area (Å²) in [6.45, 7) is 7.21. The number of carbonyl (C=O) groups excluding carboxylic acids is 1. The molecule has 0 saturated carbocycles. The lowest BCUT2D eigenvalue weighted by Gasteiger charge is -2.34. The lowest BCUT2D eigenvalue weighted by Crippen LogP contribution is -2.49. The van der Waals surface area contributed by atoms with Gasteiger partial charge in [0.05, 0.1) is 11.9 Å². The van der Waals surface area contributed by atoms with Crippen molar-refractivity contribution < 1.29 is 4.79 Å². The number of aromatic nitrogens is 3. The van der Waals surface area contributed by atoms with Crippen molar-refractivity contribution in [3.63, 3.8) is 0 Å². The minimum Gasteiger partial charge on any atom is -0.370 e. The van der Waals surface area contributed by atoms with E-state index in [1.807, 2.05) is 29.3 Å². The first-order valence-corrected chi connectivity index (χ1v) is 9.73. The van der Waals surface area contributed by atoms with Crippen LogP contribution in [-0.4, -0.2) is 65.0 Å². The van der Waals surface area contributed by atoms with Crippen LogP contribution in [0, 0.1) is 5.92 Å². The van der Waals surface area contributed by atoms with E-state index in [0.717, 1.165) is 37.8 Å². The fourth-order valence-corrected chi connectivity index (χ4v) is 3.85. The van der Waals surface area contributed by atoms with Crippen LogP contribution in [0.3, 0.4) is 0 Å². The topological polar surface area (TPSA) is 65.5 Å². The van der Waals surface area contributed by atoms with Crippen molar-refractivity contribution in [2.24, 2.45) is 5.92 Å². The Morgan fingerprint density at radius 1 is 1.00 bits per heavy atom. The zero-order valence-corrected chi connectivity index (χ0v) is 15.8. The Bertz CT molecular complexity index is 758. The zero-order valence-electron chi connectivity index (χ0n) is 15.8. The maximum Gasteiger partial charge on any atom is 0.272 e. The average Bonchev–Trinajstić information content (AvgIpc) is 2.74. The van der Waals surface area contributed by atoms with Crippen molar-refractivity contribution in [2.75, 3.05) is 49.1 Å². The molecule has 1 atom stereocenters. The van der Waals surface area contributed by atoms with Crippen molar-refractivity contribution >= 4 is 17.5 Å². The molecule has 2 aromatic heterocycles. The van der Waals surface area contributed by atoms with Crippen LogP contribution in [-0.2, 0) is 0 Å². The van der Waals surface area contributed by atoms with Crippen molar-refractivity contribution in [3.05, 3.63) is 42.5 Å². The molecular weight excluding hydrogens is 340 g/mol. The molecule has 0 aromatic carbocycles. The Balaban J connectivity index is 1.36. The second-order valence-electron chi connectivity index (χ2n) is 7.42. The summed E-state index contributed by atoms with van der Waals surface area (Å²) in [5.41, 5.74) is 1.64. The van der Waals surface area contributed by atoms with E-state index in [0.29, 0.717) is 24.7 Å². The van der Waals surface area contributed by atoms with E-state index >= 15 is 0 Å². The monoisotopic (exact) mass is 366 g/mol. The van der Waals surface area contributed by atoms with Crippen LogP contribution in [0.15, 0.2) is 36.8 Å². The zero-order chi connectivity index (χ0) is 18.6. The van der Waals surface area contributed by atoms with Crippen molar-refractivity contribution in [3.8, 4) is 0 Å². The number of hydrogen-bond acceptors (Lipinski definition) is 6. The predicted molar refractivity (Wildman–Crippen MR) is 105 cm³/mol. The molecule has 7 nitrogen and oxygen atoms in total. The van der Waals surface area contributed by atoms with Gasteiger partial charge in [-0.2, -0.15) is 0 Å². The van der Waals surface area contributed by atoms with Crippen LogP contribution in [0.1, 0.15) is 30.3 Å². The van der Waals surface area contributed by atoms with Gasteiger partial charge in [0.25, 0.3) is 5.91 Å². The van der Waals surface area contributed by atoms with Gasteiger partial charge in [0.2, 0.25) is 5.95 Å². The molecule has 1 amide bonds. The lowest BCUT2D eigenvalue weighted by atomic mass is 10.00. The Kier molecular flexibility index (Phi) is 5.18. The number of carbonyl (C=O) groups is 1. The Hall–Kier alpha value is -2.70. The Morgan fingerprint density at radius 3 is 2.44 bits per heavy atom. The number of piperazine rings is 1. The van der Waals surface area contributed by atoms with E-state index in [4.69, 9.17) is 0 Å². The lowest BCUT2D eigenvalue weighted by molar-refractivity contribution is 0.0740. The first kappa shape index (κ1) is 17.7.